The van der Waals surface area contributed by atoms with E-state index in [1.807, 2.05) is 0 Å². The molecule has 6 rings (SSSR count). The number of rotatable bonds is 22. The van der Waals surface area contributed by atoms with Gasteiger partial charge in [0.2, 0.25) is 0 Å². The van der Waals surface area contributed by atoms with E-state index in [2.05, 4.69) is 54.2 Å². The fourth-order valence-electron chi connectivity index (χ4n) is 6.01. The smallest absolute Gasteiger partial charge is 0.296 e. The normalized spacial score (nSPS) is 12.7. The SMILES string of the molecule is COc1cc(/N=N/c2ccc(NS(=O)(=O)c3ccc(/N=N/c4c(S(=O)(=O)O)cc5c(SOOO)cc(/N=N/c6ccc(S(=O)(=O)CCOSOOO)cc6S(=O)(=O)O)c(N)c5c4O)cc3)cc2)c(N)cc1N. The zero-order chi connectivity index (χ0) is 52.6. The monoisotopic (exact) mass is 1110 g/mol. The van der Waals surface area contributed by atoms with Crippen molar-refractivity contribution in [2.75, 3.05) is 41.4 Å². The highest BCUT2D eigenvalue weighted by atomic mass is 32.2. The van der Waals surface area contributed by atoms with Crippen LogP contribution in [0.1, 0.15) is 0 Å². The first kappa shape index (κ1) is 54.6. The lowest BCUT2D eigenvalue weighted by Gasteiger charge is -2.14. The second kappa shape index (κ2) is 22.8. The lowest BCUT2D eigenvalue weighted by molar-refractivity contribution is -0.434. The van der Waals surface area contributed by atoms with Crippen LogP contribution in [-0.4, -0.2) is 77.9 Å². The van der Waals surface area contributed by atoms with Gasteiger partial charge in [0.15, 0.2) is 27.9 Å². The Kier molecular flexibility index (Phi) is 17.3. The summed E-state index contributed by atoms with van der Waals surface area (Å²) in [6.07, 6.45) is 0. The van der Waals surface area contributed by atoms with Gasteiger partial charge in [0.05, 0.1) is 75.1 Å². The van der Waals surface area contributed by atoms with Crippen molar-refractivity contribution in [1.29, 1.82) is 0 Å². The summed E-state index contributed by atoms with van der Waals surface area (Å²) in [5.74, 6) is -1.48. The van der Waals surface area contributed by atoms with Gasteiger partial charge in [0.1, 0.15) is 38.3 Å². The number of phenolic OH excluding ortho intramolecular Hbond substituents is 1. The zero-order valence-electron chi connectivity index (χ0n) is 35.9. The van der Waals surface area contributed by atoms with E-state index in [0.717, 1.165) is 36.4 Å². The van der Waals surface area contributed by atoms with Gasteiger partial charge < -0.3 is 27.0 Å². The molecule has 0 heterocycles. The van der Waals surface area contributed by atoms with E-state index < -0.39 is 101 Å². The van der Waals surface area contributed by atoms with Gasteiger partial charge in [-0.15, -0.1) is 29.1 Å². The summed E-state index contributed by atoms with van der Waals surface area (Å²) in [5, 5.41) is 58.3. The zero-order valence-corrected chi connectivity index (χ0v) is 40.8. The minimum Gasteiger partial charge on any atom is -0.505 e. The highest BCUT2D eigenvalue weighted by Gasteiger charge is 2.27. The Hall–Kier alpha value is -6.68. The number of methoxy groups -OCH3 is 1. The summed E-state index contributed by atoms with van der Waals surface area (Å²) >= 11 is 0.271. The molecule has 0 aromatic heterocycles. The average Bonchev–Trinajstić information content (AvgIpc) is 3.32. The van der Waals surface area contributed by atoms with Crippen LogP contribution in [0.25, 0.3) is 10.8 Å². The number of hydrogen-bond acceptors (Lipinski definition) is 28. The number of nitrogens with two attached hydrogens (primary N) is 3. The molecule has 0 aliphatic carbocycles. The minimum atomic E-state index is -5.27. The predicted molar refractivity (Wildman–Crippen MR) is 255 cm³/mol. The molecule has 0 fully saturated rings. The summed E-state index contributed by atoms with van der Waals surface area (Å²) in [7, 11) is -17.6. The number of nitrogens with zero attached hydrogens (tertiary/aromatic N) is 6. The van der Waals surface area contributed by atoms with Gasteiger partial charge in [0.25, 0.3) is 30.3 Å². The highest BCUT2D eigenvalue weighted by molar-refractivity contribution is 7.95. The first-order valence-electron chi connectivity index (χ1n) is 19.0. The van der Waals surface area contributed by atoms with Gasteiger partial charge in [-0.2, -0.15) is 27.1 Å². The molecule has 0 bridgehead atoms. The van der Waals surface area contributed by atoms with Crippen LogP contribution in [0.2, 0.25) is 0 Å². The standard InChI is InChI=1S/C37H34N10O19S6/c1-61-30-17-28(25(38)16-26(30)39)44-41-19-2-4-21(5-3-19)47-70(53,54)22-8-6-20(7-9-22)42-46-36-33(72(58,59)60)15-24-31(67-65-63-49)18-29(35(40)34(24)37(36)48)45-43-27-11-10-23(14-32(27)71(55,56)57)69(51,52)13-12-62-68-66-64-50/h2-11,14-18,47-50H,12-13,38-40H2,1H3,(H,55,56,57)(H,58,59,60)/b44-41+,45-43+,46-42+. The van der Waals surface area contributed by atoms with Crippen molar-refractivity contribution in [2.24, 2.45) is 30.7 Å². The van der Waals surface area contributed by atoms with Crippen LogP contribution in [0.5, 0.6) is 11.5 Å². The molecule has 0 spiro atoms. The first-order valence-corrected chi connectivity index (χ1v) is 26.5. The van der Waals surface area contributed by atoms with Gasteiger partial charge in [-0.1, -0.05) is 10.1 Å². The molecule has 6 aromatic rings. The summed E-state index contributed by atoms with van der Waals surface area (Å²) in [6, 6.07) is 17.5. The molecule has 12 N–H and O–H groups in total. The number of nitrogens with one attached hydrogen (secondary N) is 1. The second-order valence-electron chi connectivity index (χ2n) is 13.9. The number of hydrogen-bond donors (Lipinski definition) is 9. The summed E-state index contributed by atoms with van der Waals surface area (Å²) in [6.45, 7) is -0.540. The van der Waals surface area contributed by atoms with E-state index in [-0.39, 0.29) is 62.3 Å². The van der Waals surface area contributed by atoms with Crippen LogP contribution >= 0.6 is 24.4 Å². The van der Waals surface area contributed by atoms with Gasteiger partial charge in [-0.25, -0.2) is 27.4 Å². The Morgan fingerprint density at radius 2 is 1.24 bits per heavy atom. The van der Waals surface area contributed by atoms with Gasteiger partial charge in [-0.3, -0.25) is 18.0 Å². The molecule has 0 atom stereocenters. The lowest BCUT2D eigenvalue weighted by atomic mass is 10.0. The number of sulfone groups is 1. The molecule has 0 unspecified atom stereocenters. The lowest BCUT2D eigenvalue weighted by Crippen LogP contribution is -2.12. The Bertz CT molecular complexity index is 3570. The molecule has 0 radical (unpaired) electrons. The first-order chi connectivity index (χ1) is 34.0. The molecule has 0 saturated heterocycles. The number of fused-ring (bicyclic) bond motifs is 1. The number of sulfonamides is 1. The van der Waals surface area contributed by atoms with Crippen LogP contribution in [0.4, 0.5) is 56.9 Å². The third-order valence-electron chi connectivity index (χ3n) is 9.31. The predicted octanol–water partition coefficient (Wildman–Crippen LogP) is 8.04. The van der Waals surface area contributed by atoms with Crippen molar-refractivity contribution >= 4 is 132 Å². The maximum absolute atomic E-state index is 13.3. The van der Waals surface area contributed by atoms with E-state index in [9.17, 15) is 47.9 Å². The number of phenols is 1. The number of benzene rings is 6. The minimum absolute atomic E-state index is 0.0879. The van der Waals surface area contributed by atoms with Gasteiger partial charge in [0, 0.05) is 22.0 Å². The molecule has 6 aromatic carbocycles. The van der Waals surface area contributed by atoms with Crippen LogP contribution in [0.15, 0.2) is 146 Å². The Morgan fingerprint density at radius 1 is 0.639 bits per heavy atom. The molecule has 0 aliphatic heterocycles. The van der Waals surface area contributed by atoms with Gasteiger partial charge in [-0.05, 0) is 84.9 Å². The topological polar surface area (TPSA) is 457 Å². The number of anilines is 4. The Balaban J connectivity index is 1.29. The third-order valence-corrected chi connectivity index (χ3v) is 15.2. The highest BCUT2D eigenvalue weighted by Crippen LogP contribution is 2.49. The third kappa shape index (κ3) is 13.2. The molecule has 29 nitrogen and oxygen atoms in total. The maximum Gasteiger partial charge on any atom is 0.296 e. The van der Waals surface area contributed by atoms with Crippen LogP contribution in [0, 0.1) is 0 Å². The van der Waals surface area contributed by atoms with Crippen LogP contribution < -0.4 is 26.7 Å². The molecule has 382 valence electrons. The van der Waals surface area contributed by atoms with Crippen molar-refractivity contribution in [3.05, 3.63) is 91.0 Å². The molecule has 35 heteroatoms. The number of aromatic hydroxyl groups is 1. The van der Waals surface area contributed by atoms with Crippen molar-refractivity contribution in [3.8, 4) is 11.5 Å². The Morgan fingerprint density at radius 3 is 1.86 bits per heavy atom. The largest absolute Gasteiger partial charge is 0.505 e. The quantitative estimate of drug-likeness (QED) is 0.00590. The summed E-state index contributed by atoms with van der Waals surface area (Å²) < 4.78 is 143. The fourth-order valence-corrected chi connectivity index (χ4v) is 10.4. The molecular weight excluding hydrogens is 1080 g/mol. The number of nitrogen functional groups attached to an aromatic ring is 3. The van der Waals surface area contributed by atoms with E-state index in [1.165, 1.54) is 55.6 Å². The average molecular weight is 1120 g/mol. The molecular formula is C37H34N10O19S6. The summed E-state index contributed by atoms with van der Waals surface area (Å²) in [5.41, 5.74) is 16.9. The van der Waals surface area contributed by atoms with Crippen molar-refractivity contribution in [3.63, 3.8) is 0 Å². The molecule has 0 saturated carbocycles. The van der Waals surface area contributed by atoms with Gasteiger partial charge >= 0.3 is 0 Å². The molecule has 0 amide bonds. The number of ether oxygens (including phenoxy) is 1. The van der Waals surface area contributed by atoms with E-state index in [4.69, 9.17) is 36.6 Å². The van der Waals surface area contributed by atoms with Crippen LogP contribution in [0.3, 0.4) is 0 Å². The fraction of sp³-hybridized carbons (Fsp3) is 0.0811. The van der Waals surface area contributed by atoms with Crippen molar-refractivity contribution < 1.29 is 86.1 Å². The van der Waals surface area contributed by atoms with Crippen LogP contribution in [-0.2, 0) is 63.0 Å². The maximum atomic E-state index is 13.3. The van der Waals surface area contributed by atoms with Crippen molar-refractivity contribution in [2.45, 2.75) is 24.5 Å². The molecule has 0 aliphatic rings. The number of azo groups is 3. The van der Waals surface area contributed by atoms with Crippen molar-refractivity contribution in [1.82, 2.24) is 0 Å². The second-order valence-corrected chi connectivity index (χ2v) is 21.7. The van der Waals surface area contributed by atoms with E-state index in [0.29, 0.717) is 23.2 Å². The summed E-state index contributed by atoms with van der Waals surface area (Å²) in [4.78, 5) is -3.23. The van der Waals surface area contributed by atoms with E-state index >= 15 is 0 Å². The Labute approximate surface area is 415 Å². The van der Waals surface area contributed by atoms with E-state index in [1.54, 1.807) is 0 Å². The molecule has 72 heavy (non-hydrogen) atoms.